The Balaban J connectivity index is 0.00000196. The second-order valence-electron chi connectivity index (χ2n) is 7.59. The second kappa shape index (κ2) is 12.0. The number of hydrogen-bond donors (Lipinski definition) is 1. The average molecular weight is 432 g/mol. The van der Waals surface area contributed by atoms with Gasteiger partial charge in [-0.05, 0) is 11.5 Å². The van der Waals surface area contributed by atoms with Crippen molar-refractivity contribution in [1.29, 1.82) is 0 Å². The Labute approximate surface area is 181 Å². The van der Waals surface area contributed by atoms with Crippen LogP contribution >= 0.6 is 24.8 Å². The van der Waals surface area contributed by atoms with Gasteiger partial charge >= 0.3 is 0 Å². The minimum absolute atomic E-state index is 0. The number of nitrogens with zero attached hydrogens (tertiary/aromatic N) is 2. The van der Waals surface area contributed by atoms with Crippen molar-refractivity contribution in [2.75, 3.05) is 39.4 Å². The lowest BCUT2D eigenvalue weighted by Gasteiger charge is -2.39. The van der Waals surface area contributed by atoms with E-state index in [1.54, 1.807) is 0 Å². The molecule has 2 N–H and O–H groups in total. The highest BCUT2D eigenvalue weighted by atomic mass is 35.5. The molecule has 2 aliphatic rings. The molecule has 7 heteroatoms. The van der Waals surface area contributed by atoms with E-state index in [2.05, 4.69) is 30.9 Å². The van der Waals surface area contributed by atoms with E-state index in [0.29, 0.717) is 12.5 Å². The van der Waals surface area contributed by atoms with E-state index in [0.717, 1.165) is 45.7 Å². The summed E-state index contributed by atoms with van der Waals surface area (Å²) in [7, 11) is 0. The molecule has 0 radical (unpaired) electrons. The van der Waals surface area contributed by atoms with Gasteiger partial charge in [-0.3, -0.25) is 9.69 Å². The van der Waals surface area contributed by atoms with E-state index >= 15 is 0 Å². The first-order valence-corrected chi connectivity index (χ1v) is 10.1. The maximum atomic E-state index is 13.5. The fourth-order valence-corrected chi connectivity index (χ4v) is 4.50. The molecule has 5 nitrogen and oxygen atoms in total. The van der Waals surface area contributed by atoms with Crippen LogP contribution in [0.5, 0.6) is 0 Å². The number of amides is 1. The summed E-state index contributed by atoms with van der Waals surface area (Å²) in [6.45, 7) is 8.88. The zero-order valence-electron chi connectivity index (χ0n) is 17.0. The molecule has 2 saturated heterocycles. The van der Waals surface area contributed by atoms with Crippen molar-refractivity contribution in [3.05, 3.63) is 35.9 Å². The molecule has 0 saturated carbocycles. The predicted octanol–water partition coefficient (Wildman–Crippen LogP) is 2.92. The molecule has 160 valence electrons. The third kappa shape index (κ3) is 5.61. The van der Waals surface area contributed by atoms with Crippen molar-refractivity contribution in [2.45, 2.75) is 44.7 Å². The molecule has 2 aliphatic heterocycles. The predicted molar refractivity (Wildman–Crippen MR) is 118 cm³/mol. The molecule has 0 bridgehead atoms. The van der Waals surface area contributed by atoms with Gasteiger partial charge < -0.3 is 15.4 Å². The lowest BCUT2D eigenvalue weighted by atomic mass is 9.91. The maximum absolute atomic E-state index is 13.5. The molecule has 1 aromatic rings. The topological polar surface area (TPSA) is 58.8 Å². The first-order valence-electron chi connectivity index (χ1n) is 10.1. The summed E-state index contributed by atoms with van der Waals surface area (Å²) in [6.07, 6.45) is 2.04. The number of morpholine rings is 1. The molecule has 1 aromatic carbocycles. The molecular formula is C21H35Cl2N3O2. The van der Waals surface area contributed by atoms with E-state index in [1.165, 1.54) is 5.56 Å². The Morgan fingerprint density at radius 1 is 1.11 bits per heavy atom. The van der Waals surface area contributed by atoms with Gasteiger partial charge in [0.1, 0.15) is 0 Å². The van der Waals surface area contributed by atoms with Crippen LogP contribution in [-0.4, -0.2) is 67.2 Å². The molecular weight excluding hydrogens is 397 g/mol. The van der Waals surface area contributed by atoms with Gasteiger partial charge in [-0.15, -0.1) is 24.8 Å². The van der Waals surface area contributed by atoms with Crippen LogP contribution in [0, 0.1) is 5.92 Å². The summed E-state index contributed by atoms with van der Waals surface area (Å²) in [5, 5.41) is 0. The van der Waals surface area contributed by atoms with Crippen molar-refractivity contribution in [3.63, 3.8) is 0 Å². The lowest BCUT2D eigenvalue weighted by Crippen LogP contribution is -2.55. The van der Waals surface area contributed by atoms with Crippen molar-refractivity contribution >= 4 is 30.7 Å². The third-order valence-electron chi connectivity index (χ3n) is 6.09. The van der Waals surface area contributed by atoms with Crippen LogP contribution < -0.4 is 5.73 Å². The van der Waals surface area contributed by atoms with Crippen LogP contribution in [0.3, 0.4) is 0 Å². The highest BCUT2D eigenvalue weighted by Gasteiger charge is 2.40. The summed E-state index contributed by atoms with van der Waals surface area (Å²) in [5.74, 6) is 0.870. The van der Waals surface area contributed by atoms with Gasteiger partial charge in [-0.2, -0.15) is 0 Å². The van der Waals surface area contributed by atoms with Crippen LogP contribution in [0.15, 0.2) is 30.3 Å². The molecule has 0 aliphatic carbocycles. The molecule has 1 unspecified atom stereocenters. The van der Waals surface area contributed by atoms with E-state index in [4.69, 9.17) is 10.5 Å². The SMILES string of the molecule is CCC(CC)C(C(=O)N1C[C@@H](N)[C@H](c2ccccc2)C1)N1CCOCC1.Cl.Cl. The van der Waals surface area contributed by atoms with Gasteiger partial charge in [0.05, 0.1) is 19.3 Å². The van der Waals surface area contributed by atoms with Crippen LogP contribution in [-0.2, 0) is 9.53 Å². The Kier molecular flexibility index (Phi) is 10.8. The van der Waals surface area contributed by atoms with Crippen LogP contribution in [0.4, 0.5) is 0 Å². The Morgan fingerprint density at radius 2 is 1.71 bits per heavy atom. The summed E-state index contributed by atoms with van der Waals surface area (Å²) in [6, 6.07) is 10.3. The number of carbonyl (C=O) groups excluding carboxylic acids is 1. The fraction of sp³-hybridized carbons (Fsp3) is 0.667. The summed E-state index contributed by atoms with van der Waals surface area (Å²) >= 11 is 0. The molecule has 2 fully saturated rings. The number of halogens is 2. The molecule has 1 amide bonds. The van der Waals surface area contributed by atoms with Gasteiger partial charge in [-0.1, -0.05) is 57.0 Å². The van der Waals surface area contributed by atoms with Crippen LogP contribution in [0.2, 0.25) is 0 Å². The monoisotopic (exact) mass is 431 g/mol. The minimum atomic E-state index is -0.0457. The second-order valence-corrected chi connectivity index (χ2v) is 7.59. The van der Waals surface area contributed by atoms with Crippen molar-refractivity contribution in [1.82, 2.24) is 9.80 Å². The maximum Gasteiger partial charge on any atom is 0.240 e. The van der Waals surface area contributed by atoms with E-state index in [1.807, 2.05) is 23.1 Å². The Morgan fingerprint density at radius 3 is 2.29 bits per heavy atom. The third-order valence-corrected chi connectivity index (χ3v) is 6.09. The first-order chi connectivity index (χ1) is 12.7. The number of likely N-dealkylation sites (tertiary alicyclic amines) is 1. The average Bonchev–Trinajstić information content (AvgIpc) is 3.08. The van der Waals surface area contributed by atoms with Gasteiger partial charge in [-0.25, -0.2) is 0 Å². The number of benzene rings is 1. The van der Waals surface area contributed by atoms with E-state index in [9.17, 15) is 4.79 Å². The van der Waals surface area contributed by atoms with Crippen molar-refractivity contribution < 1.29 is 9.53 Å². The number of nitrogens with two attached hydrogens (primary N) is 1. The number of carbonyl (C=O) groups is 1. The van der Waals surface area contributed by atoms with E-state index in [-0.39, 0.29) is 48.7 Å². The summed E-state index contributed by atoms with van der Waals surface area (Å²) in [4.78, 5) is 17.9. The van der Waals surface area contributed by atoms with Gasteiger partial charge in [0.15, 0.2) is 0 Å². The van der Waals surface area contributed by atoms with Gasteiger partial charge in [0.2, 0.25) is 5.91 Å². The number of hydrogen-bond acceptors (Lipinski definition) is 4. The van der Waals surface area contributed by atoms with Gasteiger partial charge in [0.25, 0.3) is 0 Å². The highest BCUT2D eigenvalue weighted by molar-refractivity contribution is 5.85. The lowest BCUT2D eigenvalue weighted by molar-refractivity contribution is -0.140. The molecule has 28 heavy (non-hydrogen) atoms. The zero-order chi connectivity index (χ0) is 18.5. The van der Waals surface area contributed by atoms with Crippen molar-refractivity contribution in [2.24, 2.45) is 11.7 Å². The largest absolute Gasteiger partial charge is 0.379 e. The molecule has 2 heterocycles. The molecule has 3 atom stereocenters. The standard InChI is InChI=1S/C21H33N3O2.2ClH/c1-3-16(4-2)20(23-10-12-26-13-11-23)21(25)24-14-18(19(22)15-24)17-8-6-5-7-9-17;;/h5-9,16,18-20H,3-4,10-15,22H2,1-2H3;2*1H/t18-,19+,20?;;/m0../s1. The first kappa shape index (κ1) is 25.2. The molecule has 0 aromatic heterocycles. The molecule has 0 spiro atoms. The van der Waals surface area contributed by atoms with Gasteiger partial charge in [0, 0.05) is 38.1 Å². The highest BCUT2D eigenvalue weighted by Crippen LogP contribution is 2.29. The summed E-state index contributed by atoms with van der Waals surface area (Å²) in [5.41, 5.74) is 7.67. The summed E-state index contributed by atoms with van der Waals surface area (Å²) < 4.78 is 5.51. The van der Waals surface area contributed by atoms with Crippen LogP contribution in [0.1, 0.15) is 38.2 Å². The smallest absolute Gasteiger partial charge is 0.240 e. The normalized spacial score (nSPS) is 23.8. The quantitative estimate of drug-likeness (QED) is 0.751. The zero-order valence-corrected chi connectivity index (χ0v) is 18.6. The Hall–Kier alpha value is -0.850. The van der Waals surface area contributed by atoms with E-state index < -0.39 is 0 Å². The number of ether oxygens (including phenoxy) is 1. The molecule has 3 rings (SSSR count). The minimum Gasteiger partial charge on any atom is -0.379 e. The fourth-order valence-electron chi connectivity index (χ4n) is 4.50. The van der Waals surface area contributed by atoms with Crippen molar-refractivity contribution in [3.8, 4) is 0 Å². The number of rotatable bonds is 6. The Bertz CT molecular complexity index is 580. The van der Waals surface area contributed by atoms with Crippen LogP contribution in [0.25, 0.3) is 0 Å².